The number of aliphatic imine (C=N–C) groups is 2. The first-order valence-corrected chi connectivity index (χ1v) is 8.89. The number of amides is 1. The van der Waals surface area contributed by atoms with E-state index in [0.29, 0.717) is 33.0 Å². The number of hydrogen-bond donors (Lipinski definition) is 1. The summed E-state index contributed by atoms with van der Waals surface area (Å²) in [5.74, 6) is 0.800. The van der Waals surface area contributed by atoms with E-state index in [1.165, 1.54) is 11.8 Å². The molecule has 1 aliphatic carbocycles. The van der Waals surface area contributed by atoms with Crippen LogP contribution >= 0.6 is 35.0 Å². The van der Waals surface area contributed by atoms with Gasteiger partial charge >= 0.3 is 0 Å². The quantitative estimate of drug-likeness (QED) is 0.869. The van der Waals surface area contributed by atoms with E-state index in [1.807, 2.05) is 6.07 Å². The fourth-order valence-corrected chi connectivity index (χ4v) is 4.47. The topological polar surface area (TPSA) is 71.0 Å². The molecule has 2 heterocycles. The van der Waals surface area contributed by atoms with Gasteiger partial charge in [-0.2, -0.15) is 0 Å². The second-order valence-corrected chi connectivity index (χ2v) is 7.80. The van der Waals surface area contributed by atoms with Crippen LogP contribution in [0.4, 0.5) is 0 Å². The number of halogens is 2. The molecule has 2 fully saturated rings. The van der Waals surface area contributed by atoms with Gasteiger partial charge in [0.05, 0.1) is 16.3 Å². The van der Waals surface area contributed by atoms with Gasteiger partial charge in [0.15, 0.2) is 6.17 Å². The minimum Gasteiger partial charge on any atom is -0.327 e. The average Bonchev–Trinajstić information content (AvgIpc) is 2.95. The van der Waals surface area contributed by atoms with Gasteiger partial charge in [-0.3, -0.25) is 14.7 Å². The van der Waals surface area contributed by atoms with Crippen LogP contribution in [-0.2, 0) is 4.79 Å². The summed E-state index contributed by atoms with van der Waals surface area (Å²) in [6.07, 6.45) is 1.13. The maximum atomic E-state index is 12.3. The summed E-state index contributed by atoms with van der Waals surface area (Å²) in [5.41, 5.74) is 5.93. The molecule has 0 spiro atoms. The van der Waals surface area contributed by atoms with Crippen LogP contribution in [-0.4, -0.2) is 47.4 Å². The zero-order valence-electron chi connectivity index (χ0n) is 12.0. The third-order valence-corrected chi connectivity index (χ3v) is 6.43. The van der Waals surface area contributed by atoms with Crippen LogP contribution in [0.5, 0.6) is 0 Å². The van der Waals surface area contributed by atoms with Gasteiger partial charge in [-0.1, -0.05) is 41.0 Å². The molecule has 4 rings (SSSR count). The lowest BCUT2D eigenvalue weighted by Gasteiger charge is -2.25. The molecule has 120 valence electrons. The predicted octanol–water partition coefficient (Wildman–Crippen LogP) is 2.31. The van der Waals surface area contributed by atoms with Gasteiger partial charge in [0.2, 0.25) is 0 Å². The average molecular weight is 369 g/mol. The van der Waals surface area contributed by atoms with Gasteiger partial charge in [-0.05, 0) is 24.0 Å². The van der Waals surface area contributed by atoms with Crippen molar-refractivity contribution in [2.24, 2.45) is 27.6 Å². The molecule has 5 nitrogen and oxygen atoms in total. The molecule has 2 N–H and O–H groups in total. The summed E-state index contributed by atoms with van der Waals surface area (Å²) in [6, 6.07) is 5.66. The van der Waals surface area contributed by atoms with E-state index in [1.54, 1.807) is 18.3 Å². The Morgan fingerprint density at radius 1 is 1.26 bits per heavy atom. The Balaban J connectivity index is 1.45. The van der Waals surface area contributed by atoms with Crippen molar-refractivity contribution in [2.75, 3.05) is 13.1 Å². The maximum absolute atomic E-state index is 12.3. The SMILES string of the molecule is NC1C2CN(C3N=CC(Sc4cccc(Cl)c4Cl)=NC3=O)CC12. The van der Waals surface area contributed by atoms with Crippen LogP contribution in [0, 0.1) is 11.8 Å². The minimum absolute atomic E-state index is 0.233. The molecule has 1 saturated carbocycles. The molecule has 3 aliphatic rings. The van der Waals surface area contributed by atoms with E-state index in [4.69, 9.17) is 28.9 Å². The van der Waals surface area contributed by atoms with Crippen LogP contribution < -0.4 is 5.73 Å². The summed E-state index contributed by atoms with van der Waals surface area (Å²) in [4.78, 5) is 23.6. The molecule has 1 aromatic rings. The number of nitrogens with two attached hydrogens (primary N) is 1. The second-order valence-electron chi connectivity index (χ2n) is 5.95. The Morgan fingerprint density at radius 3 is 2.70 bits per heavy atom. The minimum atomic E-state index is -0.505. The van der Waals surface area contributed by atoms with Crippen LogP contribution in [0.3, 0.4) is 0 Å². The molecule has 0 aromatic heterocycles. The number of carbonyl (C=O) groups is 1. The molecule has 3 unspecified atom stereocenters. The number of likely N-dealkylation sites (tertiary alicyclic amines) is 1. The zero-order chi connectivity index (χ0) is 16.1. The third-order valence-electron chi connectivity index (χ3n) is 4.53. The largest absolute Gasteiger partial charge is 0.327 e. The summed E-state index contributed by atoms with van der Waals surface area (Å²) >= 11 is 13.4. The molecule has 3 atom stereocenters. The fraction of sp³-hybridized carbons (Fsp3) is 0.400. The Morgan fingerprint density at radius 2 is 2.00 bits per heavy atom. The van der Waals surface area contributed by atoms with Gasteiger partial charge in [0.1, 0.15) is 5.04 Å². The number of thioether (sulfide) groups is 1. The van der Waals surface area contributed by atoms with Gasteiger partial charge in [0, 0.05) is 24.0 Å². The Hall–Kier alpha value is -0.920. The van der Waals surface area contributed by atoms with Gasteiger partial charge in [-0.25, -0.2) is 4.99 Å². The van der Waals surface area contributed by atoms with Crippen LogP contribution in [0.1, 0.15) is 0 Å². The lowest BCUT2D eigenvalue weighted by Crippen LogP contribution is -2.42. The number of piperidine rings is 1. The Kier molecular flexibility index (Phi) is 3.98. The molecule has 2 aliphatic heterocycles. The first-order valence-electron chi connectivity index (χ1n) is 7.32. The molecule has 23 heavy (non-hydrogen) atoms. The second kappa shape index (κ2) is 5.86. The molecule has 1 amide bonds. The monoisotopic (exact) mass is 368 g/mol. The standard InChI is InChI=1S/C15H14Cl2N4OS/c16-9-2-1-3-10(12(9)17)23-11-4-19-14(15(22)20-11)21-5-7-8(6-21)13(7)18/h1-4,7-8,13-14H,5-6,18H2. The van der Waals surface area contributed by atoms with Crippen LogP contribution in [0.2, 0.25) is 10.0 Å². The first kappa shape index (κ1) is 15.6. The molecular weight excluding hydrogens is 355 g/mol. The summed E-state index contributed by atoms with van der Waals surface area (Å²) in [5, 5.41) is 1.46. The number of hydrogen-bond acceptors (Lipinski definition) is 5. The van der Waals surface area contributed by atoms with E-state index < -0.39 is 6.17 Å². The molecule has 0 radical (unpaired) electrons. The number of rotatable bonds is 2. The Bertz CT molecular complexity index is 726. The van der Waals surface area contributed by atoms with Gasteiger partial charge < -0.3 is 5.73 Å². The summed E-state index contributed by atoms with van der Waals surface area (Å²) in [6.45, 7) is 1.66. The lowest BCUT2D eigenvalue weighted by atomic mass is 10.3. The number of fused-ring (bicyclic) bond motifs is 1. The smallest absolute Gasteiger partial charge is 0.286 e. The highest BCUT2D eigenvalue weighted by Crippen LogP contribution is 2.44. The van der Waals surface area contributed by atoms with E-state index in [2.05, 4.69) is 14.9 Å². The fourth-order valence-electron chi connectivity index (χ4n) is 3.17. The van der Waals surface area contributed by atoms with E-state index in [0.717, 1.165) is 18.0 Å². The van der Waals surface area contributed by atoms with Crippen molar-refractivity contribution in [3.63, 3.8) is 0 Å². The van der Waals surface area contributed by atoms with Crippen LogP contribution in [0.25, 0.3) is 0 Å². The number of benzene rings is 1. The highest BCUT2D eigenvalue weighted by Gasteiger charge is 2.55. The van der Waals surface area contributed by atoms with Crippen molar-refractivity contribution in [1.82, 2.24) is 4.90 Å². The summed E-state index contributed by atoms with van der Waals surface area (Å²) in [7, 11) is 0. The van der Waals surface area contributed by atoms with Gasteiger partial charge in [-0.15, -0.1) is 0 Å². The van der Waals surface area contributed by atoms with E-state index in [9.17, 15) is 4.79 Å². The normalized spacial score (nSPS) is 32.8. The highest BCUT2D eigenvalue weighted by atomic mass is 35.5. The van der Waals surface area contributed by atoms with E-state index >= 15 is 0 Å². The molecular formula is C15H14Cl2N4OS. The van der Waals surface area contributed by atoms with Crippen molar-refractivity contribution < 1.29 is 4.79 Å². The van der Waals surface area contributed by atoms with Crippen molar-refractivity contribution in [3.05, 3.63) is 28.2 Å². The lowest BCUT2D eigenvalue weighted by molar-refractivity contribution is -0.122. The van der Waals surface area contributed by atoms with Crippen molar-refractivity contribution in [2.45, 2.75) is 17.1 Å². The van der Waals surface area contributed by atoms with E-state index in [-0.39, 0.29) is 5.91 Å². The zero-order valence-corrected chi connectivity index (χ0v) is 14.4. The number of nitrogens with zero attached hydrogens (tertiary/aromatic N) is 3. The third kappa shape index (κ3) is 2.83. The van der Waals surface area contributed by atoms with Crippen molar-refractivity contribution >= 4 is 52.1 Å². The van der Waals surface area contributed by atoms with Crippen molar-refractivity contribution in [3.8, 4) is 0 Å². The van der Waals surface area contributed by atoms with Crippen LogP contribution in [0.15, 0.2) is 33.1 Å². The first-order chi connectivity index (χ1) is 11.0. The summed E-state index contributed by atoms with van der Waals surface area (Å²) < 4.78 is 0. The molecule has 8 heteroatoms. The van der Waals surface area contributed by atoms with Gasteiger partial charge in [0.25, 0.3) is 5.91 Å². The number of carbonyl (C=O) groups excluding carboxylic acids is 1. The molecule has 1 aromatic carbocycles. The molecule has 1 saturated heterocycles. The van der Waals surface area contributed by atoms with Crippen molar-refractivity contribution in [1.29, 1.82) is 0 Å². The maximum Gasteiger partial charge on any atom is 0.286 e. The Labute approximate surface area is 147 Å². The molecule has 0 bridgehead atoms. The predicted molar refractivity (Wildman–Crippen MR) is 93.6 cm³/mol. The highest BCUT2D eigenvalue weighted by molar-refractivity contribution is 8.15.